The van der Waals surface area contributed by atoms with Crippen molar-refractivity contribution >= 4 is 46.6 Å². The Hall–Kier alpha value is -3.91. The van der Waals surface area contributed by atoms with E-state index in [0.717, 1.165) is 35.7 Å². The van der Waals surface area contributed by atoms with Crippen LogP contribution in [0.2, 0.25) is 0 Å². The highest BCUT2D eigenvalue weighted by molar-refractivity contribution is 7.80. The lowest BCUT2D eigenvalue weighted by atomic mass is 10.1. The summed E-state index contributed by atoms with van der Waals surface area (Å²) in [5.74, 6) is -0.541. The van der Waals surface area contributed by atoms with Crippen molar-refractivity contribution in [3.05, 3.63) is 77.1 Å². The van der Waals surface area contributed by atoms with Crippen LogP contribution in [0, 0.1) is 13.8 Å². The molecule has 1 fully saturated rings. The second kappa shape index (κ2) is 10.4. The average Bonchev–Trinajstić information content (AvgIpc) is 3.15. The van der Waals surface area contributed by atoms with Gasteiger partial charge in [0.2, 0.25) is 0 Å². The van der Waals surface area contributed by atoms with Gasteiger partial charge in [0.15, 0.2) is 5.11 Å². The van der Waals surface area contributed by atoms with E-state index < -0.39 is 11.8 Å². The number of thiocarbonyl (C=S) groups is 1. The van der Waals surface area contributed by atoms with E-state index in [1.54, 1.807) is 30.3 Å². The fourth-order valence-corrected chi connectivity index (χ4v) is 4.85. The van der Waals surface area contributed by atoms with Crippen molar-refractivity contribution in [3.63, 3.8) is 0 Å². The maximum absolute atomic E-state index is 13.5. The number of para-hydroxylation sites is 2. The molecule has 0 saturated carbocycles. The smallest absolute Gasteiger partial charge is 0.270 e. The SMILES string of the molecule is CCN(CC)c1ccc(-n2c(C)cc(/C=C3\C(=O)NC(=S)N(c4ccccc4OC)C3=O)c2C)cc1. The Morgan fingerprint density at radius 1 is 1.03 bits per heavy atom. The molecule has 3 aromatic rings. The van der Waals surface area contributed by atoms with Crippen molar-refractivity contribution in [3.8, 4) is 11.4 Å². The molecular weight excluding hydrogens is 472 g/mol. The van der Waals surface area contributed by atoms with Crippen LogP contribution in [0.5, 0.6) is 5.75 Å². The number of hydrogen-bond acceptors (Lipinski definition) is 5. The molecule has 0 aliphatic carbocycles. The molecule has 186 valence electrons. The molecule has 1 aliphatic heterocycles. The molecule has 1 aromatic heterocycles. The van der Waals surface area contributed by atoms with Gasteiger partial charge in [-0.15, -0.1) is 0 Å². The molecule has 2 heterocycles. The highest BCUT2D eigenvalue weighted by Crippen LogP contribution is 2.31. The largest absolute Gasteiger partial charge is 0.495 e. The molecule has 2 amide bonds. The molecule has 0 bridgehead atoms. The Kier molecular flexibility index (Phi) is 7.26. The number of hydrogen-bond donors (Lipinski definition) is 1. The Morgan fingerprint density at radius 2 is 1.69 bits per heavy atom. The molecule has 0 spiro atoms. The molecule has 2 aromatic carbocycles. The number of benzene rings is 2. The quantitative estimate of drug-likeness (QED) is 0.286. The number of nitrogens with one attached hydrogen (secondary N) is 1. The van der Waals surface area contributed by atoms with Crippen LogP contribution in [0.4, 0.5) is 11.4 Å². The monoisotopic (exact) mass is 502 g/mol. The lowest BCUT2D eigenvalue weighted by Gasteiger charge is -2.29. The van der Waals surface area contributed by atoms with Crippen molar-refractivity contribution < 1.29 is 14.3 Å². The molecule has 1 saturated heterocycles. The highest BCUT2D eigenvalue weighted by Gasteiger charge is 2.36. The molecule has 8 heteroatoms. The number of rotatable bonds is 7. The number of anilines is 2. The molecule has 1 N–H and O–H groups in total. The molecule has 0 radical (unpaired) electrons. The van der Waals surface area contributed by atoms with Crippen LogP contribution in [0.3, 0.4) is 0 Å². The van der Waals surface area contributed by atoms with Gasteiger partial charge in [-0.1, -0.05) is 12.1 Å². The minimum atomic E-state index is -0.524. The van der Waals surface area contributed by atoms with Crippen molar-refractivity contribution in [2.75, 3.05) is 30.0 Å². The third kappa shape index (κ3) is 4.52. The summed E-state index contributed by atoms with van der Waals surface area (Å²) in [5.41, 5.74) is 5.37. The summed E-state index contributed by atoms with van der Waals surface area (Å²) >= 11 is 5.33. The zero-order valence-electron chi connectivity index (χ0n) is 21.2. The molecule has 0 unspecified atom stereocenters. The maximum atomic E-state index is 13.5. The molecule has 0 atom stereocenters. The molecule has 7 nitrogen and oxygen atoms in total. The number of methoxy groups -OCH3 is 1. The first kappa shape index (κ1) is 25.2. The van der Waals surface area contributed by atoms with Gasteiger partial charge in [-0.25, -0.2) is 4.90 Å². The lowest BCUT2D eigenvalue weighted by molar-refractivity contribution is -0.122. The van der Waals surface area contributed by atoms with E-state index in [4.69, 9.17) is 17.0 Å². The normalized spacial score (nSPS) is 14.9. The van der Waals surface area contributed by atoms with Crippen molar-refractivity contribution in [1.82, 2.24) is 9.88 Å². The Balaban J connectivity index is 1.72. The van der Waals surface area contributed by atoms with Crippen LogP contribution in [-0.4, -0.2) is 41.7 Å². The van der Waals surface area contributed by atoms with Crippen molar-refractivity contribution in [1.29, 1.82) is 0 Å². The second-order valence-electron chi connectivity index (χ2n) is 8.48. The summed E-state index contributed by atoms with van der Waals surface area (Å²) in [6.07, 6.45) is 1.63. The van der Waals surface area contributed by atoms with Crippen LogP contribution < -0.4 is 19.9 Å². The fourth-order valence-electron chi connectivity index (χ4n) is 4.58. The second-order valence-corrected chi connectivity index (χ2v) is 8.87. The summed E-state index contributed by atoms with van der Waals surface area (Å²) in [4.78, 5) is 29.9. The first-order chi connectivity index (χ1) is 17.3. The molecule has 36 heavy (non-hydrogen) atoms. The fraction of sp³-hybridized carbons (Fsp3) is 0.250. The van der Waals surface area contributed by atoms with Gasteiger partial charge in [-0.3, -0.25) is 14.9 Å². The zero-order chi connectivity index (χ0) is 26.0. The Labute approximate surface area is 217 Å². The minimum Gasteiger partial charge on any atom is -0.495 e. The number of ether oxygens (including phenoxy) is 1. The number of aryl methyl sites for hydroxylation is 1. The molecule has 4 rings (SSSR count). The van der Waals surface area contributed by atoms with E-state index in [1.807, 2.05) is 19.9 Å². The zero-order valence-corrected chi connectivity index (χ0v) is 22.0. The first-order valence-corrected chi connectivity index (χ1v) is 12.3. The van der Waals surface area contributed by atoms with E-state index in [2.05, 4.69) is 52.9 Å². The van der Waals surface area contributed by atoms with Crippen LogP contribution in [0.1, 0.15) is 30.8 Å². The number of aromatic nitrogens is 1. The van der Waals surface area contributed by atoms with Crippen molar-refractivity contribution in [2.45, 2.75) is 27.7 Å². The third-order valence-electron chi connectivity index (χ3n) is 6.43. The lowest BCUT2D eigenvalue weighted by Crippen LogP contribution is -2.54. The summed E-state index contributed by atoms with van der Waals surface area (Å²) in [6.45, 7) is 10.2. The number of carbonyl (C=O) groups is 2. The third-order valence-corrected chi connectivity index (χ3v) is 6.72. The molecule has 1 aliphatic rings. The summed E-state index contributed by atoms with van der Waals surface area (Å²) in [7, 11) is 1.52. The first-order valence-electron chi connectivity index (χ1n) is 11.9. The van der Waals surface area contributed by atoms with E-state index in [1.165, 1.54) is 17.7 Å². The standard InChI is InChI=1S/C28H30N4O3S/c1-6-30(7-2)21-12-14-22(15-13-21)31-18(3)16-20(19(31)4)17-23-26(33)29-28(36)32(27(23)34)24-10-8-9-11-25(24)35-5/h8-17H,6-7H2,1-5H3,(H,29,33,36)/b23-17+. The van der Waals surface area contributed by atoms with Gasteiger partial charge in [0, 0.05) is 35.9 Å². The Bertz CT molecular complexity index is 1350. The van der Waals surface area contributed by atoms with E-state index in [9.17, 15) is 9.59 Å². The van der Waals surface area contributed by atoms with Gasteiger partial charge >= 0.3 is 0 Å². The topological polar surface area (TPSA) is 66.8 Å². The van der Waals surface area contributed by atoms with E-state index in [-0.39, 0.29) is 10.7 Å². The predicted octanol–water partition coefficient (Wildman–Crippen LogP) is 4.78. The van der Waals surface area contributed by atoms with Crippen LogP contribution >= 0.6 is 12.2 Å². The van der Waals surface area contributed by atoms with Crippen LogP contribution in [0.25, 0.3) is 11.8 Å². The number of carbonyl (C=O) groups excluding carboxylic acids is 2. The number of nitrogens with zero attached hydrogens (tertiary/aromatic N) is 3. The van der Waals surface area contributed by atoms with Gasteiger partial charge in [-0.05, 0) is 94.0 Å². The minimum absolute atomic E-state index is 0.00615. The van der Waals surface area contributed by atoms with Gasteiger partial charge in [0.1, 0.15) is 11.3 Å². The van der Waals surface area contributed by atoms with Crippen LogP contribution in [-0.2, 0) is 9.59 Å². The van der Waals surface area contributed by atoms with Gasteiger partial charge in [0.25, 0.3) is 11.8 Å². The molecular formula is C28H30N4O3S. The average molecular weight is 503 g/mol. The maximum Gasteiger partial charge on any atom is 0.270 e. The Morgan fingerprint density at radius 3 is 2.33 bits per heavy atom. The van der Waals surface area contributed by atoms with Gasteiger partial charge in [0.05, 0.1) is 12.8 Å². The highest BCUT2D eigenvalue weighted by atomic mass is 32.1. The van der Waals surface area contributed by atoms with Crippen molar-refractivity contribution in [2.24, 2.45) is 0 Å². The van der Waals surface area contributed by atoms with Gasteiger partial charge < -0.3 is 14.2 Å². The number of amides is 2. The summed E-state index contributed by atoms with van der Waals surface area (Å²) in [6, 6.07) is 17.4. The predicted molar refractivity (Wildman–Crippen MR) is 148 cm³/mol. The van der Waals surface area contributed by atoms with E-state index in [0.29, 0.717) is 11.4 Å². The van der Waals surface area contributed by atoms with Crippen LogP contribution in [0.15, 0.2) is 60.2 Å². The summed E-state index contributed by atoms with van der Waals surface area (Å²) < 4.78 is 7.53. The van der Waals surface area contributed by atoms with E-state index >= 15 is 0 Å². The summed E-state index contributed by atoms with van der Waals surface area (Å²) in [5, 5.41) is 2.66. The van der Waals surface area contributed by atoms with Gasteiger partial charge in [-0.2, -0.15) is 0 Å².